The minimum atomic E-state index is -0.478. The average molecular weight is 391 g/mol. The molecule has 0 fully saturated rings. The molecule has 0 aliphatic rings. The summed E-state index contributed by atoms with van der Waals surface area (Å²) in [5, 5.41) is 9.36. The molecule has 0 atom stereocenters. The van der Waals surface area contributed by atoms with Gasteiger partial charge < -0.3 is 14.2 Å². The molecule has 1 heterocycles. The number of benzene rings is 1. The maximum Gasteiger partial charge on any atom is 0.316 e. The normalized spacial score (nSPS) is 11.5. The van der Waals surface area contributed by atoms with Crippen LogP contribution < -0.4 is 4.90 Å². The average Bonchev–Trinajstić information content (AvgIpc) is 3.03. The quantitative estimate of drug-likeness (QED) is 0.496. The molecule has 0 aliphatic carbocycles. The second kappa shape index (κ2) is 9.26. The third-order valence-corrected chi connectivity index (χ3v) is 4.97. The Bertz CT molecular complexity index is 746. The highest BCUT2D eigenvalue weighted by atomic mass is 32.2. The van der Waals surface area contributed by atoms with E-state index in [0.29, 0.717) is 0 Å². The fourth-order valence-corrected chi connectivity index (χ4v) is 3.57. The van der Waals surface area contributed by atoms with Gasteiger partial charge in [-0.25, -0.2) is 0 Å². The summed E-state index contributed by atoms with van der Waals surface area (Å²) in [5.41, 5.74) is 1.74. The number of rotatable bonds is 8. The van der Waals surface area contributed by atoms with Crippen LogP contribution in [0.3, 0.4) is 0 Å². The monoisotopic (exact) mass is 390 g/mol. The molecule has 148 valence electrons. The number of carbonyl (C=O) groups is 1. The Kier molecular flexibility index (Phi) is 7.30. The van der Waals surface area contributed by atoms with E-state index >= 15 is 0 Å². The van der Waals surface area contributed by atoms with Crippen molar-refractivity contribution >= 4 is 23.4 Å². The van der Waals surface area contributed by atoms with Crippen LogP contribution in [-0.4, -0.2) is 45.2 Å². The highest BCUT2D eigenvalue weighted by Gasteiger charge is 2.19. The molecule has 0 bridgehead atoms. The van der Waals surface area contributed by atoms with E-state index < -0.39 is 5.60 Å². The van der Waals surface area contributed by atoms with E-state index in [1.165, 1.54) is 17.4 Å². The number of hydrogen-bond acceptors (Lipinski definition) is 6. The lowest BCUT2D eigenvalue weighted by atomic mass is 10.2. The fourth-order valence-electron chi connectivity index (χ4n) is 2.80. The number of hydrogen-bond donors (Lipinski definition) is 0. The SMILES string of the molecule is CCN(CC)c1ccc(-c2nnc(SCC(=O)OC(C)(C)C)n2CC)cc1. The van der Waals surface area contributed by atoms with E-state index in [9.17, 15) is 4.79 Å². The molecule has 0 radical (unpaired) electrons. The van der Waals surface area contributed by atoms with Crippen molar-refractivity contribution in [2.24, 2.45) is 0 Å². The first-order valence-electron chi connectivity index (χ1n) is 9.42. The van der Waals surface area contributed by atoms with Gasteiger partial charge in [0.2, 0.25) is 0 Å². The molecule has 7 heteroatoms. The predicted octanol–water partition coefficient (Wildman–Crippen LogP) is 4.25. The maximum absolute atomic E-state index is 12.0. The molecule has 0 aliphatic heterocycles. The van der Waals surface area contributed by atoms with Gasteiger partial charge in [-0.05, 0) is 65.8 Å². The summed E-state index contributed by atoms with van der Waals surface area (Å²) in [6, 6.07) is 8.38. The Hall–Kier alpha value is -2.02. The zero-order chi connectivity index (χ0) is 20.0. The van der Waals surface area contributed by atoms with E-state index in [-0.39, 0.29) is 11.7 Å². The van der Waals surface area contributed by atoms with Gasteiger partial charge in [-0.15, -0.1) is 10.2 Å². The van der Waals surface area contributed by atoms with Crippen molar-refractivity contribution in [3.63, 3.8) is 0 Å². The largest absolute Gasteiger partial charge is 0.459 e. The Labute approximate surface area is 166 Å². The summed E-state index contributed by atoms with van der Waals surface area (Å²) >= 11 is 1.36. The van der Waals surface area contributed by atoms with Crippen LogP contribution in [0.4, 0.5) is 5.69 Å². The van der Waals surface area contributed by atoms with E-state index in [0.717, 1.165) is 36.2 Å². The summed E-state index contributed by atoms with van der Waals surface area (Å²) in [5.74, 6) is 0.787. The van der Waals surface area contributed by atoms with Crippen LogP contribution >= 0.6 is 11.8 Å². The molecular formula is C20H30N4O2S. The van der Waals surface area contributed by atoms with Crippen molar-refractivity contribution in [2.75, 3.05) is 23.7 Å². The van der Waals surface area contributed by atoms with Crippen LogP contribution in [-0.2, 0) is 16.1 Å². The maximum atomic E-state index is 12.0. The molecule has 2 rings (SSSR count). The van der Waals surface area contributed by atoms with Gasteiger partial charge in [-0.3, -0.25) is 4.79 Å². The van der Waals surface area contributed by atoms with Gasteiger partial charge in [-0.1, -0.05) is 11.8 Å². The van der Waals surface area contributed by atoms with Crippen LogP contribution in [0.5, 0.6) is 0 Å². The van der Waals surface area contributed by atoms with E-state index in [1.54, 1.807) is 0 Å². The second-order valence-corrected chi connectivity index (χ2v) is 8.09. The number of anilines is 1. The lowest BCUT2D eigenvalue weighted by Crippen LogP contribution is -2.25. The Morgan fingerprint density at radius 1 is 1.11 bits per heavy atom. The van der Waals surface area contributed by atoms with Gasteiger partial charge in [0, 0.05) is 30.9 Å². The van der Waals surface area contributed by atoms with Gasteiger partial charge >= 0.3 is 5.97 Å². The summed E-state index contributed by atoms with van der Waals surface area (Å²) in [6.45, 7) is 14.6. The topological polar surface area (TPSA) is 60.3 Å². The zero-order valence-corrected chi connectivity index (χ0v) is 18.0. The highest BCUT2D eigenvalue weighted by Crippen LogP contribution is 2.26. The molecule has 0 spiro atoms. The van der Waals surface area contributed by atoms with Crippen molar-refractivity contribution < 1.29 is 9.53 Å². The Morgan fingerprint density at radius 2 is 1.74 bits per heavy atom. The van der Waals surface area contributed by atoms with Crippen molar-refractivity contribution in [2.45, 2.75) is 58.8 Å². The third kappa shape index (κ3) is 5.73. The van der Waals surface area contributed by atoms with Gasteiger partial charge in [0.15, 0.2) is 11.0 Å². The first-order chi connectivity index (χ1) is 12.8. The van der Waals surface area contributed by atoms with Crippen molar-refractivity contribution in [1.82, 2.24) is 14.8 Å². The van der Waals surface area contributed by atoms with Crippen molar-refractivity contribution in [1.29, 1.82) is 0 Å². The van der Waals surface area contributed by atoms with E-state index in [2.05, 4.69) is 60.1 Å². The van der Waals surface area contributed by atoms with Crippen molar-refractivity contribution in [3.05, 3.63) is 24.3 Å². The molecule has 2 aromatic rings. The zero-order valence-electron chi connectivity index (χ0n) is 17.2. The molecular weight excluding hydrogens is 360 g/mol. The fraction of sp³-hybridized carbons (Fsp3) is 0.550. The Balaban J connectivity index is 2.14. The minimum absolute atomic E-state index is 0.219. The molecule has 0 saturated heterocycles. The van der Waals surface area contributed by atoms with Gasteiger partial charge in [-0.2, -0.15) is 0 Å². The molecule has 1 aromatic carbocycles. The van der Waals surface area contributed by atoms with E-state index in [4.69, 9.17) is 4.74 Å². The number of esters is 1. The first-order valence-corrected chi connectivity index (χ1v) is 10.4. The molecule has 6 nitrogen and oxygen atoms in total. The Morgan fingerprint density at radius 3 is 2.26 bits per heavy atom. The molecule has 0 amide bonds. The third-order valence-electron chi connectivity index (χ3n) is 4.03. The molecule has 0 unspecified atom stereocenters. The molecule has 0 N–H and O–H groups in total. The number of thioether (sulfide) groups is 1. The van der Waals surface area contributed by atoms with Gasteiger partial charge in [0.1, 0.15) is 5.60 Å². The van der Waals surface area contributed by atoms with Crippen LogP contribution in [0.25, 0.3) is 11.4 Å². The standard InChI is InChI=1S/C20H30N4O2S/c1-7-23(8-2)16-12-10-15(11-13-16)18-21-22-19(24(18)9-3)27-14-17(25)26-20(4,5)6/h10-13H,7-9,14H2,1-6H3. The molecule has 0 saturated carbocycles. The first kappa shape index (κ1) is 21.3. The lowest BCUT2D eigenvalue weighted by Gasteiger charge is -2.21. The summed E-state index contributed by atoms with van der Waals surface area (Å²) < 4.78 is 7.39. The van der Waals surface area contributed by atoms with Crippen LogP contribution in [0.2, 0.25) is 0 Å². The predicted molar refractivity (Wildman–Crippen MR) is 111 cm³/mol. The van der Waals surface area contributed by atoms with Crippen molar-refractivity contribution in [3.8, 4) is 11.4 Å². The van der Waals surface area contributed by atoms with Crippen LogP contribution in [0.15, 0.2) is 29.4 Å². The molecule has 27 heavy (non-hydrogen) atoms. The van der Waals surface area contributed by atoms with Gasteiger partial charge in [0.25, 0.3) is 0 Å². The smallest absolute Gasteiger partial charge is 0.316 e. The minimum Gasteiger partial charge on any atom is -0.459 e. The summed E-state index contributed by atoms with van der Waals surface area (Å²) in [7, 11) is 0. The van der Waals surface area contributed by atoms with Gasteiger partial charge in [0.05, 0.1) is 5.75 Å². The number of ether oxygens (including phenoxy) is 1. The number of nitrogens with zero attached hydrogens (tertiary/aromatic N) is 4. The highest BCUT2D eigenvalue weighted by molar-refractivity contribution is 7.99. The number of carbonyl (C=O) groups excluding carboxylic acids is 1. The molecule has 1 aromatic heterocycles. The van der Waals surface area contributed by atoms with Crippen LogP contribution in [0.1, 0.15) is 41.5 Å². The van der Waals surface area contributed by atoms with E-state index in [1.807, 2.05) is 25.3 Å². The summed E-state index contributed by atoms with van der Waals surface area (Å²) in [4.78, 5) is 14.3. The van der Waals surface area contributed by atoms with Crippen LogP contribution in [0, 0.1) is 0 Å². The second-order valence-electron chi connectivity index (χ2n) is 7.14. The summed E-state index contributed by atoms with van der Waals surface area (Å²) in [6.07, 6.45) is 0. The number of aromatic nitrogens is 3. The lowest BCUT2D eigenvalue weighted by molar-refractivity contribution is -0.151.